The van der Waals surface area contributed by atoms with Gasteiger partial charge in [-0.25, -0.2) is 4.99 Å². The summed E-state index contributed by atoms with van der Waals surface area (Å²) in [4.78, 5) is 20.3. The fourth-order valence-electron chi connectivity index (χ4n) is 3.89. The van der Waals surface area contributed by atoms with Crippen LogP contribution < -0.4 is 4.74 Å². The molecule has 2 aromatic rings. The summed E-state index contributed by atoms with van der Waals surface area (Å²) in [7, 11) is 0. The van der Waals surface area contributed by atoms with Crippen molar-refractivity contribution in [2.24, 2.45) is 10.9 Å². The molecule has 31 heavy (non-hydrogen) atoms. The number of amides is 1. The minimum atomic E-state index is -2.86. The summed E-state index contributed by atoms with van der Waals surface area (Å²) in [6.07, 6.45) is 7.73. The first-order valence-electron chi connectivity index (χ1n) is 10.5. The van der Waals surface area contributed by atoms with Crippen LogP contribution in [-0.4, -0.2) is 29.1 Å². The van der Waals surface area contributed by atoms with E-state index in [0.29, 0.717) is 22.5 Å². The molecule has 1 saturated heterocycles. The maximum atomic E-state index is 13.2. The Balaban J connectivity index is 1.58. The van der Waals surface area contributed by atoms with Crippen molar-refractivity contribution >= 4 is 34.6 Å². The lowest BCUT2D eigenvalue weighted by molar-refractivity contribution is -0.122. The molecule has 0 aromatic heterocycles. The lowest BCUT2D eigenvalue weighted by Gasteiger charge is -2.26. The number of aliphatic imine (C=N–C) groups is 1. The van der Waals surface area contributed by atoms with Crippen LogP contribution in [0.15, 0.2) is 64.5 Å². The predicted molar refractivity (Wildman–Crippen MR) is 120 cm³/mol. The van der Waals surface area contributed by atoms with Crippen molar-refractivity contribution in [3.8, 4) is 5.75 Å². The second-order valence-corrected chi connectivity index (χ2v) is 8.72. The number of rotatable bonds is 6. The summed E-state index contributed by atoms with van der Waals surface area (Å²) in [5.41, 5.74) is 1.55. The molecule has 1 aliphatic carbocycles. The van der Waals surface area contributed by atoms with Crippen LogP contribution in [0.25, 0.3) is 6.08 Å². The Morgan fingerprint density at radius 1 is 1.06 bits per heavy atom. The van der Waals surface area contributed by atoms with Crippen LogP contribution in [0.2, 0.25) is 0 Å². The van der Waals surface area contributed by atoms with Gasteiger partial charge in [0.15, 0.2) is 5.17 Å². The SMILES string of the molecule is O=C1C(=Cc2ccc(OC(F)F)cc2)SC(=Nc2ccccc2)N1CC1CCCCC1. The molecule has 1 aliphatic heterocycles. The number of benzene rings is 2. The number of hydrogen-bond acceptors (Lipinski definition) is 4. The molecule has 4 rings (SSSR count). The zero-order valence-electron chi connectivity index (χ0n) is 17.0. The van der Waals surface area contributed by atoms with E-state index in [9.17, 15) is 13.6 Å². The molecule has 2 aliphatic rings. The minimum Gasteiger partial charge on any atom is -0.435 e. The predicted octanol–water partition coefficient (Wildman–Crippen LogP) is 6.47. The van der Waals surface area contributed by atoms with Gasteiger partial charge in [0.1, 0.15) is 5.75 Å². The quantitative estimate of drug-likeness (QED) is 0.481. The third-order valence-electron chi connectivity index (χ3n) is 5.44. The molecule has 0 bridgehead atoms. The van der Waals surface area contributed by atoms with Gasteiger partial charge in [0.2, 0.25) is 0 Å². The molecule has 1 saturated carbocycles. The van der Waals surface area contributed by atoms with Crippen molar-refractivity contribution in [1.29, 1.82) is 0 Å². The van der Waals surface area contributed by atoms with E-state index in [1.165, 1.54) is 43.2 Å². The highest BCUT2D eigenvalue weighted by atomic mass is 32.2. The number of ether oxygens (including phenoxy) is 1. The van der Waals surface area contributed by atoms with Gasteiger partial charge in [0, 0.05) is 6.54 Å². The fraction of sp³-hybridized carbons (Fsp3) is 0.333. The number of para-hydroxylation sites is 1. The summed E-state index contributed by atoms with van der Waals surface area (Å²) < 4.78 is 29.1. The number of thioether (sulfide) groups is 1. The van der Waals surface area contributed by atoms with E-state index < -0.39 is 6.61 Å². The number of halogens is 2. The highest BCUT2D eigenvalue weighted by Crippen LogP contribution is 2.36. The van der Waals surface area contributed by atoms with Gasteiger partial charge >= 0.3 is 6.61 Å². The summed E-state index contributed by atoms with van der Waals surface area (Å²) >= 11 is 1.36. The van der Waals surface area contributed by atoms with Crippen LogP contribution in [-0.2, 0) is 4.79 Å². The van der Waals surface area contributed by atoms with Gasteiger partial charge in [-0.3, -0.25) is 9.69 Å². The number of alkyl halides is 2. The number of amidine groups is 1. The smallest absolute Gasteiger partial charge is 0.387 e. The molecular formula is C24H24F2N2O2S. The minimum absolute atomic E-state index is 0.0573. The van der Waals surface area contributed by atoms with E-state index >= 15 is 0 Å². The molecule has 0 unspecified atom stereocenters. The molecule has 7 heteroatoms. The molecule has 1 heterocycles. The van der Waals surface area contributed by atoms with E-state index in [-0.39, 0.29) is 11.7 Å². The van der Waals surface area contributed by atoms with Gasteiger partial charge in [0.25, 0.3) is 5.91 Å². The van der Waals surface area contributed by atoms with Crippen molar-refractivity contribution in [2.45, 2.75) is 38.7 Å². The van der Waals surface area contributed by atoms with Gasteiger partial charge in [-0.1, -0.05) is 49.6 Å². The first-order valence-corrected chi connectivity index (χ1v) is 11.3. The monoisotopic (exact) mass is 442 g/mol. The maximum Gasteiger partial charge on any atom is 0.387 e. The molecular weight excluding hydrogens is 418 g/mol. The Labute approximate surface area is 185 Å². The third kappa shape index (κ3) is 5.73. The van der Waals surface area contributed by atoms with Gasteiger partial charge in [-0.05, 0) is 66.4 Å². The lowest BCUT2D eigenvalue weighted by Crippen LogP contribution is -2.34. The molecule has 4 nitrogen and oxygen atoms in total. The number of hydrogen-bond donors (Lipinski definition) is 0. The summed E-state index contributed by atoms with van der Waals surface area (Å²) in [5.74, 6) is 0.523. The third-order valence-corrected chi connectivity index (χ3v) is 6.44. The van der Waals surface area contributed by atoms with Crippen LogP contribution >= 0.6 is 11.8 Å². The van der Waals surface area contributed by atoms with Crippen molar-refractivity contribution in [1.82, 2.24) is 4.90 Å². The Hall–Kier alpha value is -2.67. The van der Waals surface area contributed by atoms with Crippen LogP contribution in [0.5, 0.6) is 5.75 Å². The first kappa shape index (κ1) is 21.6. The van der Waals surface area contributed by atoms with Crippen molar-refractivity contribution in [3.05, 3.63) is 65.1 Å². The van der Waals surface area contributed by atoms with Crippen molar-refractivity contribution in [2.75, 3.05) is 6.54 Å². The van der Waals surface area contributed by atoms with Gasteiger partial charge < -0.3 is 4.74 Å². The molecule has 1 amide bonds. The largest absolute Gasteiger partial charge is 0.435 e. The van der Waals surface area contributed by atoms with Gasteiger partial charge in [-0.15, -0.1) is 0 Å². The topological polar surface area (TPSA) is 41.9 Å². The molecule has 0 radical (unpaired) electrons. The molecule has 0 spiro atoms. The van der Waals surface area contributed by atoms with Crippen LogP contribution in [0.3, 0.4) is 0 Å². The Bertz CT molecular complexity index is 955. The zero-order valence-corrected chi connectivity index (χ0v) is 17.9. The highest BCUT2D eigenvalue weighted by molar-refractivity contribution is 8.18. The van der Waals surface area contributed by atoms with E-state index in [4.69, 9.17) is 4.99 Å². The van der Waals surface area contributed by atoms with Gasteiger partial charge in [0.05, 0.1) is 10.6 Å². The molecule has 0 atom stereocenters. The number of carbonyl (C=O) groups excluding carboxylic acids is 1. The number of nitrogens with zero attached hydrogens (tertiary/aromatic N) is 2. The summed E-state index contributed by atoms with van der Waals surface area (Å²) in [6, 6.07) is 15.9. The Morgan fingerprint density at radius 2 is 1.77 bits per heavy atom. The summed E-state index contributed by atoms with van der Waals surface area (Å²) in [6.45, 7) is -2.18. The average molecular weight is 443 g/mol. The van der Waals surface area contributed by atoms with Crippen LogP contribution in [0.1, 0.15) is 37.7 Å². The zero-order chi connectivity index (χ0) is 21.6. The van der Waals surface area contributed by atoms with Gasteiger partial charge in [-0.2, -0.15) is 8.78 Å². The number of carbonyl (C=O) groups is 1. The normalized spacial score (nSPS) is 20.2. The van der Waals surface area contributed by atoms with Crippen molar-refractivity contribution < 1.29 is 18.3 Å². The van der Waals surface area contributed by atoms with E-state index in [2.05, 4.69) is 4.74 Å². The Morgan fingerprint density at radius 3 is 2.45 bits per heavy atom. The van der Waals surface area contributed by atoms with Crippen LogP contribution in [0.4, 0.5) is 14.5 Å². The van der Waals surface area contributed by atoms with Crippen molar-refractivity contribution in [3.63, 3.8) is 0 Å². The van der Waals surface area contributed by atoms with E-state index in [1.54, 1.807) is 23.1 Å². The van der Waals surface area contributed by atoms with E-state index in [1.807, 2.05) is 30.3 Å². The maximum absolute atomic E-state index is 13.2. The summed E-state index contributed by atoms with van der Waals surface area (Å²) in [5, 5.41) is 0.686. The Kier molecular flexibility index (Phi) is 7.02. The second-order valence-electron chi connectivity index (χ2n) is 7.71. The second kappa shape index (κ2) is 10.1. The molecule has 2 aromatic carbocycles. The molecule has 162 valence electrons. The average Bonchev–Trinajstić information content (AvgIpc) is 3.05. The lowest BCUT2D eigenvalue weighted by atomic mass is 9.89. The highest BCUT2D eigenvalue weighted by Gasteiger charge is 2.35. The molecule has 0 N–H and O–H groups in total. The fourth-order valence-corrected chi connectivity index (χ4v) is 4.90. The first-order chi connectivity index (χ1) is 15.1. The van der Waals surface area contributed by atoms with Crippen LogP contribution in [0, 0.1) is 5.92 Å². The standard InChI is InChI=1S/C24H24F2N2O2S/c25-23(26)30-20-13-11-17(12-14-20)15-21-22(29)28(16-18-7-3-1-4-8-18)24(31-21)27-19-9-5-2-6-10-19/h2,5-6,9-15,18,23H,1,3-4,7-8,16H2. The van der Waals surface area contributed by atoms with E-state index in [0.717, 1.165) is 24.1 Å². The molecule has 2 fully saturated rings.